The first-order valence-electron chi connectivity index (χ1n) is 6.05. The van der Waals surface area contributed by atoms with Gasteiger partial charge in [-0.25, -0.2) is 4.98 Å². The fraction of sp³-hybridized carbons (Fsp3) is 0.667. The fourth-order valence-electron chi connectivity index (χ4n) is 2.18. The summed E-state index contributed by atoms with van der Waals surface area (Å²) in [6.07, 6.45) is 7.98. The second kappa shape index (κ2) is 6.40. The molecular formula is C12H18N2OS2. The maximum Gasteiger partial charge on any atom is 0.233 e. The fourth-order valence-corrected chi connectivity index (χ4v) is 3.74. The van der Waals surface area contributed by atoms with Crippen LogP contribution in [0.1, 0.15) is 32.1 Å². The summed E-state index contributed by atoms with van der Waals surface area (Å²) in [7, 11) is 1.95. The third-order valence-electron chi connectivity index (χ3n) is 3.24. The second-order valence-electron chi connectivity index (χ2n) is 4.38. The molecule has 0 saturated heterocycles. The summed E-state index contributed by atoms with van der Waals surface area (Å²) in [5, 5.41) is 1.94. The van der Waals surface area contributed by atoms with Crippen LogP contribution in [0.4, 0.5) is 0 Å². The number of carbonyl (C=O) groups is 1. The highest BCUT2D eigenvalue weighted by Crippen LogP contribution is 2.24. The Morgan fingerprint density at radius 1 is 1.53 bits per heavy atom. The number of hydrogen-bond donors (Lipinski definition) is 0. The Morgan fingerprint density at radius 2 is 2.29 bits per heavy atom. The molecule has 0 spiro atoms. The molecule has 1 amide bonds. The summed E-state index contributed by atoms with van der Waals surface area (Å²) in [6.45, 7) is 0. The van der Waals surface area contributed by atoms with E-state index in [1.807, 2.05) is 17.3 Å². The largest absolute Gasteiger partial charge is 0.342 e. The normalized spacial score (nSPS) is 17.0. The Balaban J connectivity index is 1.78. The molecule has 17 heavy (non-hydrogen) atoms. The van der Waals surface area contributed by atoms with Gasteiger partial charge in [0.1, 0.15) is 4.34 Å². The van der Waals surface area contributed by atoms with Crippen LogP contribution in [0.3, 0.4) is 0 Å². The van der Waals surface area contributed by atoms with Gasteiger partial charge in [0.25, 0.3) is 0 Å². The van der Waals surface area contributed by atoms with Gasteiger partial charge >= 0.3 is 0 Å². The number of thiazole rings is 1. The molecule has 1 aliphatic carbocycles. The van der Waals surface area contributed by atoms with E-state index in [0.29, 0.717) is 11.8 Å². The number of thioether (sulfide) groups is 1. The van der Waals surface area contributed by atoms with Crippen LogP contribution in [0, 0.1) is 0 Å². The number of hydrogen-bond acceptors (Lipinski definition) is 4. The smallest absolute Gasteiger partial charge is 0.233 e. The van der Waals surface area contributed by atoms with Crippen molar-refractivity contribution in [2.75, 3.05) is 12.8 Å². The number of rotatable bonds is 4. The van der Waals surface area contributed by atoms with Gasteiger partial charge in [0.2, 0.25) is 5.91 Å². The van der Waals surface area contributed by atoms with Crippen LogP contribution < -0.4 is 0 Å². The van der Waals surface area contributed by atoms with Gasteiger partial charge < -0.3 is 4.90 Å². The van der Waals surface area contributed by atoms with E-state index in [-0.39, 0.29) is 5.91 Å². The summed E-state index contributed by atoms with van der Waals surface area (Å²) in [4.78, 5) is 18.1. The number of nitrogens with zero attached hydrogens (tertiary/aromatic N) is 2. The first-order chi connectivity index (χ1) is 8.27. The zero-order valence-electron chi connectivity index (χ0n) is 10.1. The zero-order valence-corrected chi connectivity index (χ0v) is 11.7. The molecule has 3 nitrogen and oxygen atoms in total. The topological polar surface area (TPSA) is 33.2 Å². The summed E-state index contributed by atoms with van der Waals surface area (Å²) in [6, 6.07) is 0.466. The van der Waals surface area contributed by atoms with Crippen LogP contribution >= 0.6 is 23.1 Å². The van der Waals surface area contributed by atoms with Crippen LogP contribution in [0.25, 0.3) is 0 Å². The van der Waals surface area contributed by atoms with Gasteiger partial charge in [-0.2, -0.15) is 0 Å². The predicted molar refractivity (Wildman–Crippen MR) is 72.5 cm³/mol. The average Bonchev–Trinajstić information content (AvgIpc) is 2.89. The highest BCUT2D eigenvalue weighted by molar-refractivity contribution is 8.01. The van der Waals surface area contributed by atoms with E-state index >= 15 is 0 Å². The number of amides is 1. The maximum atomic E-state index is 12.0. The molecule has 1 aliphatic rings. The molecule has 0 N–H and O–H groups in total. The highest BCUT2D eigenvalue weighted by Gasteiger charge is 2.21. The van der Waals surface area contributed by atoms with Crippen molar-refractivity contribution < 1.29 is 4.79 Å². The van der Waals surface area contributed by atoms with E-state index in [0.717, 1.165) is 4.34 Å². The lowest BCUT2D eigenvalue weighted by atomic mass is 9.94. The van der Waals surface area contributed by atoms with Crippen molar-refractivity contribution in [1.82, 2.24) is 9.88 Å². The SMILES string of the molecule is CN(C(=O)CSc1nccs1)C1CCCCC1. The molecule has 0 unspecified atom stereocenters. The van der Waals surface area contributed by atoms with E-state index in [9.17, 15) is 4.79 Å². The average molecular weight is 270 g/mol. The molecule has 1 fully saturated rings. The molecular weight excluding hydrogens is 252 g/mol. The monoisotopic (exact) mass is 270 g/mol. The Kier molecular flexibility index (Phi) is 4.86. The molecule has 5 heteroatoms. The van der Waals surface area contributed by atoms with Crippen LogP contribution in [-0.4, -0.2) is 34.6 Å². The van der Waals surface area contributed by atoms with Crippen molar-refractivity contribution in [3.63, 3.8) is 0 Å². The molecule has 0 aliphatic heterocycles. The molecule has 1 heterocycles. The minimum absolute atomic E-state index is 0.233. The van der Waals surface area contributed by atoms with Crippen molar-refractivity contribution in [1.29, 1.82) is 0 Å². The van der Waals surface area contributed by atoms with Gasteiger partial charge in [0, 0.05) is 24.7 Å². The van der Waals surface area contributed by atoms with Gasteiger partial charge in [-0.15, -0.1) is 11.3 Å². The van der Waals surface area contributed by atoms with Crippen LogP contribution in [0.5, 0.6) is 0 Å². The maximum absolute atomic E-state index is 12.0. The van der Waals surface area contributed by atoms with Crippen molar-refractivity contribution in [3.05, 3.63) is 11.6 Å². The summed E-state index contributed by atoms with van der Waals surface area (Å²) in [5.74, 6) is 0.748. The highest BCUT2D eigenvalue weighted by atomic mass is 32.2. The molecule has 0 bridgehead atoms. The Hall–Kier alpha value is -0.550. The van der Waals surface area contributed by atoms with E-state index in [1.54, 1.807) is 29.3 Å². The molecule has 0 atom stereocenters. The summed E-state index contributed by atoms with van der Waals surface area (Å²) < 4.78 is 0.982. The molecule has 94 valence electrons. The minimum Gasteiger partial charge on any atom is -0.342 e. The van der Waals surface area contributed by atoms with Crippen LogP contribution in [0.15, 0.2) is 15.9 Å². The predicted octanol–water partition coefficient (Wildman–Crippen LogP) is 3.03. The minimum atomic E-state index is 0.233. The molecule has 0 aromatic carbocycles. The summed E-state index contributed by atoms with van der Waals surface area (Å²) >= 11 is 3.14. The quantitative estimate of drug-likeness (QED) is 0.789. The van der Waals surface area contributed by atoms with Crippen molar-refractivity contribution >= 4 is 29.0 Å². The lowest BCUT2D eigenvalue weighted by Crippen LogP contribution is -2.39. The molecule has 1 saturated carbocycles. The molecule has 2 rings (SSSR count). The van der Waals surface area contributed by atoms with Crippen molar-refractivity contribution in [3.8, 4) is 0 Å². The number of carbonyl (C=O) groups excluding carboxylic acids is 1. The van der Waals surface area contributed by atoms with E-state index in [1.165, 1.54) is 32.1 Å². The van der Waals surface area contributed by atoms with Crippen LogP contribution in [-0.2, 0) is 4.79 Å². The van der Waals surface area contributed by atoms with Gasteiger partial charge in [-0.1, -0.05) is 31.0 Å². The van der Waals surface area contributed by atoms with Crippen molar-refractivity contribution in [2.45, 2.75) is 42.5 Å². The van der Waals surface area contributed by atoms with E-state index < -0.39 is 0 Å². The van der Waals surface area contributed by atoms with Gasteiger partial charge in [0.05, 0.1) is 5.75 Å². The number of aromatic nitrogens is 1. The second-order valence-corrected chi connectivity index (χ2v) is 6.50. The van der Waals surface area contributed by atoms with E-state index in [2.05, 4.69) is 4.98 Å². The first-order valence-corrected chi connectivity index (χ1v) is 7.92. The van der Waals surface area contributed by atoms with Crippen molar-refractivity contribution in [2.24, 2.45) is 0 Å². The lowest BCUT2D eigenvalue weighted by molar-refractivity contribution is -0.129. The third kappa shape index (κ3) is 3.71. The Labute approximate surface area is 111 Å². The Bertz CT molecular complexity index is 347. The van der Waals surface area contributed by atoms with Gasteiger partial charge in [-0.3, -0.25) is 4.79 Å². The summed E-state index contributed by atoms with van der Waals surface area (Å²) in [5.41, 5.74) is 0. The zero-order chi connectivity index (χ0) is 12.1. The molecule has 1 aromatic heterocycles. The molecule has 1 aromatic rings. The standard InChI is InChI=1S/C12H18N2OS2/c1-14(10-5-3-2-4-6-10)11(15)9-17-12-13-7-8-16-12/h7-8,10H,2-6,9H2,1H3. The van der Waals surface area contributed by atoms with E-state index in [4.69, 9.17) is 0 Å². The first kappa shape index (κ1) is 12.9. The Morgan fingerprint density at radius 3 is 2.94 bits per heavy atom. The van der Waals surface area contributed by atoms with Gasteiger partial charge in [-0.05, 0) is 12.8 Å². The lowest BCUT2D eigenvalue weighted by Gasteiger charge is -2.31. The molecule has 0 radical (unpaired) electrons. The van der Waals surface area contributed by atoms with Gasteiger partial charge in [0.15, 0.2) is 0 Å². The van der Waals surface area contributed by atoms with Crippen LogP contribution in [0.2, 0.25) is 0 Å². The third-order valence-corrected chi connectivity index (χ3v) is 5.20.